The fourth-order valence-electron chi connectivity index (χ4n) is 4.28. The zero-order valence-electron chi connectivity index (χ0n) is 29.9. The van der Waals surface area contributed by atoms with Crippen molar-refractivity contribution in [2.75, 3.05) is 13.2 Å². The molecular formula is C39H63O9P. The molecule has 0 aromatic carbocycles. The van der Waals surface area contributed by atoms with E-state index in [-0.39, 0.29) is 25.9 Å². The van der Waals surface area contributed by atoms with Gasteiger partial charge in [0.1, 0.15) is 6.61 Å². The Hall–Kier alpha value is -2.81. The average molecular weight is 707 g/mol. The summed E-state index contributed by atoms with van der Waals surface area (Å²) in [6.45, 7) is 3.28. The Morgan fingerprint density at radius 3 is 1.84 bits per heavy atom. The Balaban J connectivity index is 4.30. The van der Waals surface area contributed by atoms with Crippen molar-refractivity contribution in [1.82, 2.24) is 0 Å². The second-order valence-electron chi connectivity index (χ2n) is 11.7. The van der Waals surface area contributed by atoms with Crippen molar-refractivity contribution < 1.29 is 43.0 Å². The van der Waals surface area contributed by atoms with E-state index in [2.05, 4.69) is 79.1 Å². The van der Waals surface area contributed by atoms with Crippen molar-refractivity contribution in [2.45, 2.75) is 135 Å². The Bertz CT molecular complexity index is 1080. The van der Waals surface area contributed by atoms with Gasteiger partial charge in [0.05, 0.1) is 12.7 Å². The van der Waals surface area contributed by atoms with Crippen LogP contribution in [0.5, 0.6) is 0 Å². The molecule has 0 saturated heterocycles. The van der Waals surface area contributed by atoms with Gasteiger partial charge in [0.15, 0.2) is 6.10 Å². The van der Waals surface area contributed by atoms with E-state index in [0.29, 0.717) is 6.42 Å². The van der Waals surface area contributed by atoms with Gasteiger partial charge in [0.25, 0.3) is 0 Å². The third-order valence-electron chi connectivity index (χ3n) is 7.02. The van der Waals surface area contributed by atoms with Gasteiger partial charge in [-0.3, -0.25) is 14.1 Å². The first-order valence-corrected chi connectivity index (χ1v) is 19.5. The molecule has 0 fully saturated rings. The number of unbranched alkanes of at least 4 members (excludes halogenated alkanes) is 7. The van der Waals surface area contributed by atoms with Gasteiger partial charge in [-0.05, 0) is 64.2 Å². The van der Waals surface area contributed by atoms with Crippen molar-refractivity contribution in [3.8, 4) is 0 Å². The first-order chi connectivity index (χ1) is 23.7. The van der Waals surface area contributed by atoms with Gasteiger partial charge in [-0.1, -0.05) is 131 Å². The highest BCUT2D eigenvalue weighted by atomic mass is 31.2. The zero-order valence-corrected chi connectivity index (χ0v) is 30.8. The molecule has 278 valence electrons. The molecule has 9 nitrogen and oxygen atoms in total. The molecule has 0 aliphatic rings. The fourth-order valence-corrected chi connectivity index (χ4v) is 4.65. The molecule has 0 heterocycles. The van der Waals surface area contributed by atoms with Crippen LogP contribution >= 0.6 is 7.82 Å². The number of aliphatic hydroxyl groups excluding tert-OH is 1. The van der Waals surface area contributed by atoms with Crippen LogP contribution in [-0.4, -0.2) is 52.3 Å². The Morgan fingerprint density at radius 2 is 1.22 bits per heavy atom. The Morgan fingerprint density at radius 1 is 0.653 bits per heavy atom. The maximum atomic E-state index is 12.4. The summed E-state index contributed by atoms with van der Waals surface area (Å²) in [6, 6.07) is 0. The lowest BCUT2D eigenvalue weighted by molar-refractivity contribution is -0.161. The van der Waals surface area contributed by atoms with Gasteiger partial charge in [-0.15, -0.1) is 0 Å². The number of allylic oxidation sites excluding steroid dienone is 13. The number of esters is 2. The van der Waals surface area contributed by atoms with Crippen molar-refractivity contribution in [3.05, 3.63) is 85.1 Å². The van der Waals surface area contributed by atoms with Gasteiger partial charge in [-0.2, -0.15) is 0 Å². The summed E-state index contributed by atoms with van der Waals surface area (Å²) in [4.78, 5) is 42.6. The molecule has 0 amide bonds. The highest BCUT2D eigenvalue weighted by molar-refractivity contribution is 7.46. The first-order valence-electron chi connectivity index (χ1n) is 18.0. The molecule has 0 bridgehead atoms. The van der Waals surface area contributed by atoms with Crippen LogP contribution in [0.3, 0.4) is 0 Å². The van der Waals surface area contributed by atoms with Crippen LogP contribution in [0.4, 0.5) is 0 Å². The zero-order chi connectivity index (χ0) is 36.3. The number of rotatable bonds is 31. The highest BCUT2D eigenvalue weighted by Gasteiger charge is 2.23. The molecule has 10 heteroatoms. The van der Waals surface area contributed by atoms with E-state index in [9.17, 15) is 19.3 Å². The van der Waals surface area contributed by atoms with E-state index >= 15 is 0 Å². The second kappa shape index (κ2) is 33.7. The van der Waals surface area contributed by atoms with E-state index < -0.39 is 38.6 Å². The number of aliphatic hydroxyl groups is 1. The lowest BCUT2D eigenvalue weighted by Gasteiger charge is -2.18. The van der Waals surface area contributed by atoms with Crippen LogP contribution in [-0.2, 0) is 28.2 Å². The third kappa shape index (κ3) is 36.3. The molecule has 0 saturated carbocycles. The van der Waals surface area contributed by atoms with E-state index in [4.69, 9.17) is 19.3 Å². The summed E-state index contributed by atoms with van der Waals surface area (Å²) in [6.07, 6.45) is 40.7. The van der Waals surface area contributed by atoms with Gasteiger partial charge < -0.3 is 24.4 Å². The number of phosphoric ester groups is 1. The minimum atomic E-state index is -4.82. The minimum absolute atomic E-state index is 0.0844. The molecule has 3 N–H and O–H groups in total. The predicted octanol–water partition coefficient (Wildman–Crippen LogP) is 9.48. The SMILES string of the molecule is CC/C=C\C/C=C\C/C=C\C/C=C\C/C=C\C=C/C(O)CCC(=O)O[C@H](COC(=O)CCCCCCC/C=C\CCCC)COP(=O)(O)O. The number of carbonyl (C=O) groups is 2. The number of ether oxygens (including phenoxy) is 2. The normalized spacial score (nSPS) is 14.1. The molecule has 0 aliphatic carbocycles. The van der Waals surface area contributed by atoms with Gasteiger partial charge in [-0.25, -0.2) is 4.57 Å². The lowest BCUT2D eigenvalue weighted by atomic mass is 10.1. The largest absolute Gasteiger partial charge is 0.469 e. The maximum Gasteiger partial charge on any atom is 0.469 e. The molecular weight excluding hydrogens is 643 g/mol. The van der Waals surface area contributed by atoms with Crippen LogP contribution in [0.25, 0.3) is 0 Å². The summed E-state index contributed by atoms with van der Waals surface area (Å²) in [5.41, 5.74) is 0. The molecule has 2 atom stereocenters. The second-order valence-corrected chi connectivity index (χ2v) is 12.9. The van der Waals surface area contributed by atoms with E-state index in [0.717, 1.165) is 70.6 Å². The third-order valence-corrected chi connectivity index (χ3v) is 7.50. The van der Waals surface area contributed by atoms with Crippen LogP contribution in [0, 0.1) is 0 Å². The molecule has 0 spiro atoms. The topological polar surface area (TPSA) is 140 Å². The van der Waals surface area contributed by atoms with Crippen LogP contribution in [0.2, 0.25) is 0 Å². The summed E-state index contributed by atoms with van der Waals surface area (Å²) in [5, 5.41) is 10.2. The average Bonchev–Trinajstić information content (AvgIpc) is 3.06. The minimum Gasteiger partial charge on any atom is -0.462 e. The van der Waals surface area contributed by atoms with Crippen molar-refractivity contribution in [2.24, 2.45) is 0 Å². The van der Waals surface area contributed by atoms with E-state index in [1.54, 1.807) is 12.2 Å². The smallest absolute Gasteiger partial charge is 0.462 e. The molecule has 0 radical (unpaired) electrons. The van der Waals surface area contributed by atoms with Gasteiger partial charge in [0, 0.05) is 12.8 Å². The molecule has 0 aromatic heterocycles. The Labute approximate surface area is 295 Å². The fraction of sp³-hybridized carbons (Fsp3) is 0.590. The summed E-state index contributed by atoms with van der Waals surface area (Å²) < 4.78 is 26.1. The van der Waals surface area contributed by atoms with E-state index in [1.165, 1.54) is 12.8 Å². The number of carbonyl (C=O) groups excluding carboxylic acids is 2. The first kappa shape index (κ1) is 46.2. The summed E-state index contributed by atoms with van der Waals surface area (Å²) in [5.74, 6) is -1.19. The molecule has 49 heavy (non-hydrogen) atoms. The maximum absolute atomic E-state index is 12.4. The monoisotopic (exact) mass is 706 g/mol. The van der Waals surface area contributed by atoms with Crippen molar-refractivity contribution in [1.29, 1.82) is 0 Å². The molecule has 0 aliphatic heterocycles. The van der Waals surface area contributed by atoms with Gasteiger partial charge in [0.2, 0.25) is 0 Å². The molecule has 0 aromatic rings. The van der Waals surface area contributed by atoms with Crippen LogP contribution < -0.4 is 0 Å². The molecule has 0 rings (SSSR count). The standard InChI is InChI=1S/C39H63O9P/c1-3-5-7-9-11-13-15-16-17-18-19-21-22-24-26-28-30-36(40)32-33-39(42)48-37(35-47-49(43,44)45)34-46-38(41)31-29-27-25-23-20-14-12-10-8-6-4-2/h5,7,10-13,16-17,19,21,24,26,28,30,36-37,40H,3-4,6,8-9,14-15,18,20,22-23,25,27,29,31-35H2,1-2H3,(H2,43,44,45)/b7-5-,12-10-,13-11-,17-16-,21-19-,26-24-,30-28-/t36?,37-/m1/s1. The highest BCUT2D eigenvalue weighted by Crippen LogP contribution is 2.35. The predicted molar refractivity (Wildman–Crippen MR) is 199 cm³/mol. The molecule has 1 unspecified atom stereocenters. The van der Waals surface area contributed by atoms with Crippen molar-refractivity contribution >= 4 is 19.8 Å². The number of hydrogen-bond donors (Lipinski definition) is 3. The number of hydrogen-bond acceptors (Lipinski definition) is 7. The lowest BCUT2D eigenvalue weighted by Crippen LogP contribution is -2.29. The summed E-state index contributed by atoms with van der Waals surface area (Å²) >= 11 is 0. The van der Waals surface area contributed by atoms with Crippen LogP contribution in [0.15, 0.2) is 85.1 Å². The quantitative estimate of drug-likeness (QED) is 0.0211. The van der Waals surface area contributed by atoms with Crippen LogP contribution in [0.1, 0.15) is 123 Å². The number of phosphoric acid groups is 1. The Kier molecular flexibility index (Phi) is 31.7. The van der Waals surface area contributed by atoms with Gasteiger partial charge >= 0.3 is 19.8 Å². The van der Waals surface area contributed by atoms with E-state index in [1.807, 2.05) is 12.2 Å². The van der Waals surface area contributed by atoms with Crippen molar-refractivity contribution in [3.63, 3.8) is 0 Å². The summed E-state index contributed by atoms with van der Waals surface area (Å²) in [7, 11) is -4.82.